The molecule has 2 radical (unpaired) electrons. The third kappa shape index (κ3) is 6.12. The van der Waals surface area contributed by atoms with Crippen LogP contribution in [0, 0.1) is 19.3 Å². The van der Waals surface area contributed by atoms with E-state index < -0.39 is 0 Å². The second-order valence-corrected chi connectivity index (χ2v) is 2.97. The maximum Gasteiger partial charge on any atom is -0.0383 e. The van der Waals surface area contributed by atoms with Gasteiger partial charge in [0.15, 0.2) is 0 Å². The summed E-state index contributed by atoms with van der Waals surface area (Å²) in [5.41, 5.74) is 0. The Bertz CT molecular complexity index is 57.1. The van der Waals surface area contributed by atoms with E-state index >= 15 is 0 Å². The highest BCUT2D eigenvalue weighted by Gasteiger charge is 1.98. The standard InChI is InChI=1S/C10H20/c1-4-6-7-9-10(3)8-5-2/h7,10H,3-6,8-9H2,1-2H3. The molecular formula is C10H20. The van der Waals surface area contributed by atoms with Gasteiger partial charge in [0.05, 0.1) is 0 Å². The van der Waals surface area contributed by atoms with Gasteiger partial charge in [-0.3, -0.25) is 0 Å². The third-order valence-electron chi connectivity index (χ3n) is 1.69. The Labute approximate surface area is 66.0 Å². The first kappa shape index (κ1) is 10.0. The molecule has 0 bridgehead atoms. The van der Waals surface area contributed by atoms with E-state index in [2.05, 4.69) is 27.2 Å². The highest BCUT2D eigenvalue weighted by atomic mass is 14.0. The van der Waals surface area contributed by atoms with Crippen molar-refractivity contribution in [2.45, 2.75) is 46.0 Å². The maximum atomic E-state index is 4.07. The number of hydrogen-bond donors (Lipinski definition) is 0. The minimum atomic E-state index is 0.663. The van der Waals surface area contributed by atoms with Crippen molar-refractivity contribution in [1.82, 2.24) is 0 Å². The Morgan fingerprint density at radius 3 is 2.50 bits per heavy atom. The van der Waals surface area contributed by atoms with E-state index in [9.17, 15) is 0 Å². The van der Waals surface area contributed by atoms with Crippen molar-refractivity contribution in [3.8, 4) is 0 Å². The number of rotatable bonds is 6. The summed E-state index contributed by atoms with van der Waals surface area (Å²) in [7, 11) is 0. The van der Waals surface area contributed by atoms with Crippen molar-refractivity contribution in [2.24, 2.45) is 5.92 Å². The van der Waals surface area contributed by atoms with Gasteiger partial charge in [0, 0.05) is 0 Å². The molecule has 0 aliphatic heterocycles. The molecule has 0 spiro atoms. The van der Waals surface area contributed by atoms with Gasteiger partial charge in [-0.05, 0) is 18.8 Å². The lowest BCUT2D eigenvalue weighted by Crippen LogP contribution is -1.93. The quantitative estimate of drug-likeness (QED) is 0.494. The highest BCUT2D eigenvalue weighted by Crippen LogP contribution is 2.12. The Kier molecular flexibility index (Phi) is 7.11. The van der Waals surface area contributed by atoms with Crippen LogP contribution in [0.1, 0.15) is 46.0 Å². The molecule has 10 heavy (non-hydrogen) atoms. The fraction of sp³-hybridized carbons (Fsp3) is 0.800. The molecule has 0 aromatic heterocycles. The molecule has 60 valence electrons. The van der Waals surface area contributed by atoms with Gasteiger partial charge < -0.3 is 0 Å². The fourth-order valence-corrected chi connectivity index (χ4v) is 1.08. The van der Waals surface area contributed by atoms with E-state index in [1.54, 1.807) is 0 Å². The maximum absolute atomic E-state index is 4.07. The monoisotopic (exact) mass is 140 g/mol. The van der Waals surface area contributed by atoms with Gasteiger partial charge in [0.1, 0.15) is 0 Å². The summed E-state index contributed by atoms with van der Waals surface area (Å²) in [4.78, 5) is 0. The summed E-state index contributed by atoms with van der Waals surface area (Å²) in [6.45, 7) is 8.51. The van der Waals surface area contributed by atoms with Crippen LogP contribution in [0.2, 0.25) is 0 Å². The lowest BCUT2D eigenvalue weighted by molar-refractivity contribution is 0.557. The summed E-state index contributed by atoms with van der Waals surface area (Å²) in [5, 5.41) is 0. The molecular weight excluding hydrogens is 120 g/mol. The second-order valence-electron chi connectivity index (χ2n) is 2.97. The first-order valence-corrected chi connectivity index (χ1v) is 4.46. The Morgan fingerprint density at radius 2 is 2.00 bits per heavy atom. The van der Waals surface area contributed by atoms with Crippen molar-refractivity contribution in [3.63, 3.8) is 0 Å². The van der Waals surface area contributed by atoms with E-state index in [0.29, 0.717) is 5.92 Å². The molecule has 1 unspecified atom stereocenters. The Balaban J connectivity index is 2.97. The minimum absolute atomic E-state index is 0.663. The van der Waals surface area contributed by atoms with E-state index in [1.165, 1.54) is 32.1 Å². The molecule has 0 amide bonds. The zero-order chi connectivity index (χ0) is 7.82. The predicted octanol–water partition coefficient (Wildman–Crippen LogP) is 3.63. The molecule has 0 aromatic rings. The van der Waals surface area contributed by atoms with Gasteiger partial charge in [0.2, 0.25) is 0 Å². The molecule has 0 heterocycles. The van der Waals surface area contributed by atoms with E-state index in [4.69, 9.17) is 0 Å². The molecule has 0 nitrogen and oxygen atoms in total. The molecule has 0 rings (SSSR count). The van der Waals surface area contributed by atoms with Crippen LogP contribution < -0.4 is 0 Å². The zero-order valence-electron chi connectivity index (χ0n) is 7.40. The molecule has 0 N–H and O–H groups in total. The summed E-state index contributed by atoms with van der Waals surface area (Å²) in [6.07, 6.45) is 8.66. The van der Waals surface area contributed by atoms with Crippen LogP contribution in [0.15, 0.2) is 0 Å². The summed E-state index contributed by atoms with van der Waals surface area (Å²) >= 11 is 0. The fourth-order valence-electron chi connectivity index (χ4n) is 1.08. The van der Waals surface area contributed by atoms with Crippen LogP contribution in [0.25, 0.3) is 0 Å². The van der Waals surface area contributed by atoms with Gasteiger partial charge in [-0.2, -0.15) is 0 Å². The predicted molar refractivity (Wildman–Crippen MR) is 47.6 cm³/mol. The zero-order valence-corrected chi connectivity index (χ0v) is 7.40. The topological polar surface area (TPSA) is 0 Å². The molecule has 0 saturated heterocycles. The second kappa shape index (κ2) is 7.11. The van der Waals surface area contributed by atoms with Crippen molar-refractivity contribution >= 4 is 0 Å². The van der Waals surface area contributed by atoms with Gasteiger partial charge >= 0.3 is 0 Å². The largest absolute Gasteiger partial charge is 0.0654 e. The highest BCUT2D eigenvalue weighted by molar-refractivity contribution is 4.71. The normalized spacial score (nSPS) is 13.5. The molecule has 0 fully saturated rings. The van der Waals surface area contributed by atoms with Crippen molar-refractivity contribution < 1.29 is 0 Å². The van der Waals surface area contributed by atoms with E-state index in [0.717, 1.165) is 0 Å². The minimum Gasteiger partial charge on any atom is -0.0654 e. The van der Waals surface area contributed by atoms with Gasteiger partial charge in [-0.25, -0.2) is 0 Å². The average Bonchev–Trinajstić information content (AvgIpc) is 1.89. The van der Waals surface area contributed by atoms with Gasteiger partial charge in [-0.15, -0.1) is 0 Å². The smallest absolute Gasteiger partial charge is 0.0383 e. The van der Waals surface area contributed by atoms with Crippen LogP contribution in [0.4, 0.5) is 0 Å². The molecule has 0 heteroatoms. The van der Waals surface area contributed by atoms with Crippen LogP contribution in [0.5, 0.6) is 0 Å². The Morgan fingerprint density at radius 1 is 1.30 bits per heavy atom. The average molecular weight is 140 g/mol. The molecule has 0 aromatic carbocycles. The number of hydrogen-bond acceptors (Lipinski definition) is 0. The SMILES string of the molecule is [CH2]C(C[CH]CCC)CCC. The molecule has 0 aliphatic rings. The first-order chi connectivity index (χ1) is 4.81. The van der Waals surface area contributed by atoms with Crippen LogP contribution in [-0.2, 0) is 0 Å². The lowest BCUT2D eigenvalue weighted by Gasteiger charge is -2.07. The van der Waals surface area contributed by atoms with Crippen molar-refractivity contribution in [3.05, 3.63) is 13.3 Å². The van der Waals surface area contributed by atoms with Crippen molar-refractivity contribution in [1.29, 1.82) is 0 Å². The van der Waals surface area contributed by atoms with Crippen LogP contribution >= 0.6 is 0 Å². The van der Waals surface area contributed by atoms with Crippen molar-refractivity contribution in [2.75, 3.05) is 0 Å². The van der Waals surface area contributed by atoms with E-state index in [-0.39, 0.29) is 0 Å². The summed E-state index contributed by atoms with van der Waals surface area (Å²) in [5.74, 6) is 0.663. The first-order valence-electron chi connectivity index (χ1n) is 4.46. The van der Waals surface area contributed by atoms with Gasteiger partial charge in [0.25, 0.3) is 0 Å². The molecule has 0 aliphatic carbocycles. The lowest BCUT2D eigenvalue weighted by atomic mass is 9.99. The molecule has 0 saturated carbocycles. The third-order valence-corrected chi connectivity index (χ3v) is 1.69. The van der Waals surface area contributed by atoms with E-state index in [1.807, 2.05) is 0 Å². The van der Waals surface area contributed by atoms with Crippen LogP contribution in [-0.4, -0.2) is 0 Å². The van der Waals surface area contributed by atoms with Crippen LogP contribution in [0.3, 0.4) is 0 Å². The number of unbranched alkanes of at least 4 members (excludes halogenated alkanes) is 2. The summed E-state index contributed by atoms with van der Waals surface area (Å²) in [6, 6.07) is 0. The van der Waals surface area contributed by atoms with Gasteiger partial charge in [-0.1, -0.05) is 46.5 Å². The Hall–Kier alpha value is 0. The molecule has 1 atom stereocenters. The summed E-state index contributed by atoms with van der Waals surface area (Å²) < 4.78 is 0.